The van der Waals surface area contributed by atoms with E-state index in [4.69, 9.17) is 9.47 Å². The van der Waals surface area contributed by atoms with E-state index < -0.39 is 0 Å². The molecule has 0 radical (unpaired) electrons. The largest absolute Gasteiger partial charge is 0.376 e. The SMILES string of the molecule is CCCCCCCCCCC/C=C\[C@H](OCc1ccccc1)[C@H](CCCCCCCCCCCCCCCCCC)COCc1ccccc1. The van der Waals surface area contributed by atoms with E-state index in [1.165, 1.54) is 172 Å². The highest BCUT2D eigenvalue weighted by atomic mass is 16.5. The molecule has 2 rings (SSSR count). The quantitative estimate of drug-likeness (QED) is 0.0524. The molecule has 50 heavy (non-hydrogen) atoms. The van der Waals surface area contributed by atoms with Crippen molar-refractivity contribution in [1.82, 2.24) is 0 Å². The van der Waals surface area contributed by atoms with Crippen molar-refractivity contribution in [2.24, 2.45) is 5.92 Å². The van der Waals surface area contributed by atoms with Gasteiger partial charge in [0, 0.05) is 5.92 Å². The van der Waals surface area contributed by atoms with E-state index in [0.29, 0.717) is 19.1 Å². The Morgan fingerprint density at radius 3 is 1.32 bits per heavy atom. The van der Waals surface area contributed by atoms with Gasteiger partial charge in [0.2, 0.25) is 0 Å². The second-order valence-electron chi connectivity index (χ2n) is 15.2. The maximum absolute atomic E-state index is 6.70. The molecule has 0 spiro atoms. The summed E-state index contributed by atoms with van der Waals surface area (Å²) in [6.07, 6.45) is 42.1. The fourth-order valence-electron chi connectivity index (χ4n) is 7.12. The fraction of sp³-hybridized carbons (Fsp3) is 0.708. The highest BCUT2D eigenvalue weighted by Crippen LogP contribution is 2.23. The molecule has 0 unspecified atom stereocenters. The van der Waals surface area contributed by atoms with Crippen LogP contribution >= 0.6 is 0 Å². The van der Waals surface area contributed by atoms with E-state index >= 15 is 0 Å². The Morgan fingerprint density at radius 1 is 0.460 bits per heavy atom. The number of hydrogen-bond acceptors (Lipinski definition) is 2. The Morgan fingerprint density at radius 2 is 0.860 bits per heavy atom. The molecule has 0 fully saturated rings. The van der Waals surface area contributed by atoms with Crippen molar-refractivity contribution in [3.05, 3.63) is 83.9 Å². The monoisotopic (exact) mass is 689 g/mol. The zero-order chi connectivity index (χ0) is 35.4. The minimum atomic E-state index is 0.0842. The summed E-state index contributed by atoms with van der Waals surface area (Å²) in [4.78, 5) is 0. The Hall–Kier alpha value is -1.90. The van der Waals surface area contributed by atoms with Crippen LogP contribution in [0.4, 0.5) is 0 Å². The van der Waals surface area contributed by atoms with E-state index in [9.17, 15) is 0 Å². The van der Waals surface area contributed by atoms with Crippen LogP contribution in [0.15, 0.2) is 72.8 Å². The topological polar surface area (TPSA) is 18.5 Å². The molecule has 0 amide bonds. The summed E-state index contributed by atoms with van der Waals surface area (Å²) in [6, 6.07) is 21.3. The van der Waals surface area contributed by atoms with E-state index in [0.717, 1.165) is 19.4 Å². The molecule has 2 atom stereocenters. The van der Waals surface area contributed by atoms with Gasteiger partial charge in [0.25, 0.3) is 0 Å². The average molecular weight is 689 g/mol. The molecule has 0 saturated heterocycles. The lowest BCUT2D eigenvalue weighted by atomic mass is 9.94. The maximum atomic E-state index is 6.70. The highest BCUT2D eigenvalue weighted by Gasteiger charge is 2.20. The Kier molecular flexibility index (Phi) is 30.3. The van der Waals surface area contributed by atoms with Crippen molar-refractivity contribution in [2.75, 3.05) is 6.61 Å². The summed E-state index contributed by atoms with van der Waals surface area (Å²) in [5, 5.41) is 0. The lowest BCUT2D eigenvalue weighted by Gasteiger charge is -2.26. The number of benzene rings is 2. The third kappa shape index (κ3) is 26.0. The molecule has 0 aliphatic heterocycles. The van der Waals surface area contributed by atoms with Gasteiger partial charge in [0.15, 0.2) is 0 Å². The van der Waals surface area contributed by atoms with Crippen LogP contribution in [0, 0.1) is 5.92 Å². The third-order valence-corrected chi connectivity index (χ3v) is 10.4. The molecule has 0 aliphatic carbocycles. The van der Waals surface area contributed by atoms with Crippen LogP contribution in [0.3, 0.4) is 0 Å². The van der Waals surface area contributed by atoms with E-state index in [2.05, 4.69) is 86.7 Å². The van der Waals surface area contributed by atoms with Crippen LogP contribution in [0.2, 0.25) is 0 Å². The van der Waals surface area contributed by atoms with Gasteiger partial charge in [0.05, 0.1) is 25.9 Å². The molecule has 2 aromatic carbocycles. The Balaban J connectivity index is 1.77. The predicted octanol–water partition coefficient (Wildman–Crippen LogP) is 15.5. The van der Waals surface area contributed by atoms with E-state index in [1.807, 2.05) is 0 Å². The third-order valence-electron chi connectivity index (χ3n) is 10.4. The molecule has 2 heteroatoms. The number of ether oxygens (including phenoxy) is 2. The second-order valence-corrected chi connectivity index (χ2v) is 15.2. The molecule has 0 aliphatic rings. The van der Waals surface area contributed by atoms with Gasteiger partial charge in [-0.2, -0.15) is 0 Å². The number of rotatable bonds is 36. The lowest BCUT2D eigenvalue weighted by molar-refractivity contribution is -0.0138. The molecule has 0 bridgehead atoms. The molecule has 0 saturated carbocycles. The van der Waals surface area contributed by atoms with Crippen LogP contribution in [0.1, 0.15) is 198 Å². The fourth-order valence-corrected chi connectivity index (χ4v) is 7.12. The summed E-state index contributed by atoms with van der Waals surface area (Å²) < 4.78 is 13.1. The standard InChI is InChI=1S/C48H80O2/c1-3-5-7-9-11-13-15-16-17-18-19-21-22-24-26-34-40-47(44-49-42-45-36-30-28-31-37-45)48(50-43-46-38-32-29-33-39-46)41-35-27-25-23-20-14-12-10-8-6-4-2/h28-33,35-39,41,47-48H,3-27,34,40,42-44H2,1-2H3/b41-35-/t47-,48+/m1/s1. The molecule has 0 aromatic heterocycles. The smallest absolute Gasteiger partial charge is 0.0810 e. The van der Waals surface area contributed by atoms with E-state index in [1.54, 1.807) is 0 Å². The van der Waals surface area contributed by atoms with Gasteiger partial charge >= 0.3 is 0 Å². The molecule has 0 N–H and O–H groups in total. The molecular weight excluding hydrogens is 609 g/mol. The van der Waals surface area contributed by atoms with Gasteiger partial charge in [0.1, 0.15) is 0 Å². The first-order valence-corrected chi connectivity index (χ1v) is 21.8. The van der Waals surface area contributed by atoms with Crippen molar-refractivity contribution in [2.45, 2.75) is 207 Å². The van der Waals surface area contributed by atoms with Crippen molar-refractivity contribution < 1.29 is 9.47 Å². The van der Waals surface area contributed by atoms with Crippen molar-refractivity contribution in [1.29, 1.82) is 0 Å². The average Bonchev–Trinajstić information content (AvgIpc) is 3.15. The first-order valence-electron chi connectivity index (χ1n) is 21.8. The van der Waals surface area contributed by atoms with Gasteiger partial charge in [-0.3, -0.25) is 0 Å². The van der Waals surface area contributed by atoms with Crippen LogP contribution < -0.4 is 0 Å². The maximum Gasteiger partial charge on any atom is 0.0810 e. The number of unbranched alkanes of at least 4 members (excludes halogenated alkanes) is 24. The van der Waals surface area contributed by atoms with Gasteiger partial charge < -0.3 is 9.47 Å². The van der Waals surface area contributed by atoms with Crippen LogP contribution in [-0.4, -0.2) is 12.7 Å². The summed E-state index contributed by atoms with van der Waals surface area (Å²) in [5.74, 6) is 0.369. The van der Waals surface area contributed by atoms with Crippen molar-refractivity contribution in [3.63, 3.8) is 0 Å². The molecular formula is C48H80O2. The zero-order valence-electron chi connectivity index (χ0n) is 33.1. The first kappa shape index (κ1) is 44.3. The summed E-state index contributed by atoms with van der Waals surface area (Å²) in [5.41, 5.74) is 2.49. The molecule has 284 valence electrons. The van der Waals surface area contributed by atoms with Gasteiger partial charge in [-0.1, -0.05) is 241 Å². The lowest BCUT2D eigenvalue weighted by Crippen LogP contribution is -2.26. The first-order chi connectivity index (χ1) is 24.8. The van der Waals surface area contributed by atoms with Crippen LogP contribution in [0.25, 0.3) is 0 Å². The number of allylic oxidation sites excluding steroid dienone is 1. The van der Waals surface area contributed by atoms with E-state index in [-0.39, 0.29) is 6.10 Å². The highest BCUT2D eigenvalue weighted by molar-refractivity contribution is 5.14. The Bertz CT molecular complexity index is 970. The minimum absolute atomic E-state index is 0.0842. The van der Waals surface area contributed by atoms with Crippen molar-refractivity contribution >= 4 is 0 Å². The molecule has 0 heterocycles. The summed E-state index contributed by atoms with van der Waals surface area (Å²) in [7, 11) is 0. The Labute approximate surface area is 311 Å². The van der Waals surface area contributed by atoms with Crippen LogP contribution in [0.5, 0.6) is 0 Å². The van der Waals surface area contributed by atoms with Gasteiger partial charge in [-0.15, -0.1) is 0 Å². The molecule has 2 nitrogen and oxygen atoms in total. The summed E-state index contributed by atoms with van der Waals surface area (Å²) >= 11 is 0. The second kappa shape index (κ2) is 34.2. The predicted molar refractivity (Wildman–Crippen MR) is 220 cm³/mol. The van der Waals surface area contributed by atoms with Gasteiger partial charge in [-0.05, 0) is 30.4 Å². The van der Waals surface area contributed by atoms with Gasteiger partial charge in [-0.25, -0.2) is 0 Å². The van der Waals surface area contributed by atoms with Crippen molar-refractivity contribution in [3.8, 4) is 0 Å². The zero-order valence-corrected chi connectivity index (χ0v) is 33.1. The molecule has 2 aromatic rings. The number of hydrogen-bond donors (Lipinski definition) is 0. The minimum Gasteiger partial charge on any atom is -0.376 e. The summed E-state index contributed by atoms with van der Waals surface area (Å²) in [6.45, 7) is 6.67. The van der Waals surface area contributed by atoms with Crippen LogP contribution in [-0.2, 0) is 22.7 Å². The normalized spacial score (nSPS) is 12.9.